The van der Waals surface area contributed by atoms with E-state index in [-0.39, 0.29) is 5.65 Å². The Morgan fingerprint density at radius 1 is 1.17 bits per heavy atom. The molecule has 0 atom stereocenters. The summed E-state index contributed by atoms with van der Waals surface area (Å²) in [5.41, 5.74) is 2.31. The van der Waals surface area contributed by atoms with E-state index in [1.54, 1.807) is 32.3 Å². The highest BCUT2D eigenvalue weighted by atomic mass is 19.4. The van der Waals surface area contributed by atoms with E-state index in [0.717, 1.165) is 15.6 Å². The van der Waals surface area contributed by atoms with Crippen molar-refractivity contribution >= 4 is 11.5 Å². The van der Waals surface area contributed by atoms with Crippen LogP contribution in [0.3, 0.4) is 0 Å². The number of aromatic nitrogens is 5. The maximum Gasteiger partial charge on any atom is 0.453 e. The largest absolute Gasteiger partial charge is 0.453 e. The van der Waals surface area contributed by atoms with Crippen LogP contribution in [0, 0.1) is 13.8 Å². The van der Waals surface area contributed by atoms with Crippen molar-refractivity contribution in [3.05, 3.63) is 47.0 Å². The number of pyridine rings is 1. The number of fused-ring (bicyclic) bond motifs is 1. The number of alkyl halides is 3. The third-order valence-corrected chi connectivity index (χ3v) is 3.53. The molecule has 0 bridgehead atoms. The number of nitrogens with zero attached hydrogens (tertiary/aromatic N) is 5. The van der Waals surface area contributed by atoms with Gasteiger partial charge in [0.2, 0.25) is 0 Å². The van der Waals surface area contributed by atoms with Crippen LogP contribution >= 0.6 is 0 Å². The molecule has 120 valence electrons. The predicted molar refractivity (Wildman–Crippen MR) is 76.8 cm³/mol. The second-order valence-electron chi connectivity index (χ2n) is 5.07. The number of nitrogens with one attached hydrogen (secondary N) is 1. The number of hydrogen-bond donors (Lipinski definition) is 1. The smallest absolute Gasteiger partial charge is 0.364 e. The second kappa shape index (κ2) is 5.49. The summed E-state index contributed by atoms with van der Waals surface area (Å²) in [5, 5.41) is 13.9. The lowest BCUT2D eigenvalue weighted by molar-refractivity contribution is -0.146. The Morgan fingerprint density at radius 3 is 2.61 bits per heavy atom. The van der Waals surface area contributed by atoms with Gasteiger partial charge in [-0.05, 0) is 31.0 Å². The molecule has 0 radical (unpaired) electrons. The van der Waals surface area contributed by atoms with Gasteiger partial charge in [0.15, 0.2) is 11.5 Å². The van der Waals surface area contributed by atoms with E-state index in [9.17, 15) is 13.2 Å². The minimum Gasteiger partial charge on any atom is -0.364 e. The summed E-state index contributed by atoms with van der Waals surface area (Å²) in [6.07, 6.45) is -1.29. The van der Waals surface area contributed by atoms with Crippen molar-refractivity contribution < 1.29 is 13.2 Å². The normalized spacial score (nSPS) is 11.9. The molecule has 0 amide bonds. The fourth-order valence-electron chi connectivity index (χ4n) is 2.16. The van der Waals surface area contributed by atoms with Gasteiger partial charge in [-0.15, -0.1) is 15.3 Å². The number of aryl methyl sites for hydroxylation is 1. The summed E-state index contributed by atoms with van der Waals surface area (Å²) in [4.78, 5) is 3.99. The molecule has 0 aliphatic rings. The summed E-state index contributed by atoms with van der Waals surface area (Å²) in [6.45, 7) is 3.86. The second-order valence-corrected chi connectivity index (χ2v) is 5.07. The van der Waals surface area contributed by atoms with Gasteiger partial charge in [0.1, 0.15) is 0 Å². The molecular weight excluding hydrogens is 309 g/mol. The van der Waals surface area contributed by atoms with Crippen LogP contribution in [0.1, 0.15) is 22.5 Å². The van der Waals surface area contributed by atoms with Crippen LogP contribution in [0.5, 0.6) is 0 Å². The maximum absolute atomic E-state index is 13.0. The Hall–Kier alpha value is -2.71. The zero-order valence-corrected chi connectivity index (χ0v) is 12.4. The summed E-state index contributed by atoms with van der Waals surface area (Å²) < 4.78 is 39.7. The highest BCUT2D eigenvalue weighted by Gasteiger charge is 2.38. The Kier molecular flexibility index (Phi) is 3.63. The Bertz CT molecular complexity index is 841. The Balaban J connectivity index is 2.01. The van der Waals surface area contributed by atoms with Crippen LogP contribution in [-0.2, 0) is 12.7 Å². The third-order valence-electron chi connectivity index (χ3n) is 3.53. The lowest BCUT2D eigenvalue weighted by Gasteiger charge is -2.12. The predicted octanol–water partition coefficient (Wildman–Crippen LogP) is 2.77. The van der Waals surface area contributed by atoms with E-state index in [1.165, 1.54) is 0 Å². The zero-order valence-electron chi connectivity index (χ0n) is 12.4. The Morgan fingerprint density at radius 2 is 1.96 bits per heavy atom. The zero-order chi connectivity index (χ0) is 16.6. The van der Waals surface area contributed by atoms with Crippen molar-refractivity contribution in [2.24, 2.45) is 0 Å². The summed E-state index contributed by atoms with van der Waals surface area (Å²) in [6, 6.07) is 3.65. The van der Waals surface area contributed by atoms with Gasteiger partial charge in [-0.1, -0.05) is 6.07 Å². The summed E-state index contributed by atoms with van der Waals surface area (Å²) >= 11 is 0. The Labute approximate surface area is 129 Å². The van der Waals surface area contributed by atoms with E-state index in [1.807, 2.05) is 6.07 Å². The summed E-state index contributed by atoms with van der Waals surface area (Å²) in [5.74, 6) is -0.788. The molecule has 0 aliphatic carbocycles. The van der Waals surface area contributed by atoms with Crippen molar-refractivity contribution in [2.75, 3.05) is 5.32 Å². The first-order valence-corrected chi connectivity index (χ1v) is 6.80. The molecule has 0 unspecified atom stereocenters. The van der Waals surface area contributed by atoms with Crippen LogP contribution in [0.25, 0.3) is 5.65 Å². The molecule has 6 nitrogen and oxygen atoms in total. The van der Waals surface area contributed by atoms with Gasteiger partial charge in [0.05, 0.1) is 0 Å². The van der Waals surface area contributed by atoms with Gasteiger partial charge in [-0.25, -0.2) is 0 Å². The van der Waals surface area contributed by atoms with Gasteiger partial charge >= 0.3 is 6.18 Å². The van der Waals surface area contributed by atoms with E-state index in [0.29, 0.717) is 17.9 Å². The molecule has 3 heterocycles. The van der Waals surface area contributed by atoms with Gasteiger partial charge in [0.25, 0.3) is 5.82 Å². The van der Waals surface area contributed by atoms with E-state index in [4.69, 9.17) is 0 Å². The van der Waals surface area contributed by atoms with E-state index >= 15 is 0 Å². The first-order valence-electron chi connectivity index (χ1n) is 6.80. The number of anilines is 1. The standard InChI is InChI=1S/C14H13F3N6/c1-8-9(2)12-20-21-13(14(15,16)17)23(12)22-11(8)19-7-10-4-3-5-18-6-10/h3-6H,7H2,1-2H3,(H,19,22). The molecule has 9 heteroatoms. The quantitative estimate of drug-likeness (QED) is 0.803. The molecule has 3 rings (SSSR count). The van der Waals surface area contributed by atoms with Gasteiger partial charge in [-0.2, -0.15) is 17.7 Å². The molecule has 3 aromatic rings. The van der Waals surface area contributed by atoms with Crippen LogP contribution in [-0.4, -0.2) is 24.8 Å². The fraction of sp³-hybridized carbons (Fsp3) is 0.286. The SMILES string of the molecule is Cc1c(NCc2cccnc2)nn2c(C(F)(F)F)nnc2c1C. The number of hydrogen-bond acceptors (Lipinski definition) is 5. The minimum absolute atomic E-state index is 0.0988. The molecule has 1 N–H and O–H groups in total. The van der Waals surface area contributed by atoms with Crippen molar-refractivity contribution in [1.29, 1.82) is 0 Å². The van der Waals surface area contributed by atoms with Crippen molar-refractivity contribution in [3.63, 3.8) is 0 Å². The first-order chi connectivity index (χ1) is 10.9. The lowest BCUT2D eigenvalue weighted by Crippen LogP contribution is -2.15. The molecule has 23 heavy (non-hydrogen) atoms. The van der Waals surface area contributed by atoms with Crippen LogP contribution in [0.4, 0.5) is 19.0 Å². The molecular formula is C14H13F3N6. The van der Waals surface area contributed by atoms with Crippen LogP contribution in [0.15, 0.2) is 24.5 Å². The van der Waals surface area contributed by atoms with Gasteiger partial charge in [0, 0.05) is 24.5 Å². The molecule has 0 spiro atoms. The van der Waals surface area contributed by atoms with Crippen molar-refractivity contribution in [1.82, 2.24) is 24.8 Å². The molecule has 3 aromatic heterocycles. The molecule has 0 aromatic carbocycles. The van der Waals surface area contributed by atoms with E-state index in [2.05, 4.69) is 25.6 Å². The topological polar surface area (TPSA) is 68.0 Å². The van der Waals surface area contributed by atoms with E-state index < -0.39 is 12.0 Å². The van der Waals surface area contributed by atoms with Crippen LogP contribution in [0.2, 0.25) is 0 Å². The molecule has 0 saturated heterocycles. The van der Waals surface area contributed by atoms with Crippen molar-refractivity contribution in [2.45, 2.75) is 26.6 Å². The number of rotatable bonds is 3. The van der Waals surface area contributed by atoms with Gasteiger partial charge in [-0.3, -0.25) is 4.98 Å². The molecule has 0 fully saturated rings. The third kappa shape index (κ3) is 2.81. The average molecular weight is 322 g/mol. The first kappa shape index (κ1) is 15.2. The highest BCUT2D eigenvalue weighted by Crippen LogP contribution is 2.29. The average Bonchev–Trinajstić information content (AvgIpc) is 2.94. The van der Waals surface area contributed by atoms with Crippen molar-refractivity contribution in [3.8, 4) is 0 Å². The lowest BCUT2D eigenvalue weighted by atomic mass is 10.2. The number of halogens is 3. The minimum atomic E-state index is -4.62. The van der Waals surface area contributed by atoms with Crippen LogP contribution < -0.4 is 5.32 Å². The maximum atomic E-state index is 13.0. The van der Waals surface area contributed by atoms with Gasteiger partial charge < -0.3 is 5.32 Å². The highest BCUT2D eigenvalue weighted by molar-refractivity contribution is 5.58. The molecule has 0 aliphatic heterocycles. The summed E-state index contributed by atoms with van der Waals surface area (Å²) in [7, 11) is 0. The fourth-order valence-corrected chi connectivity index (χ4v) is 2.16. The monoisotopic (exact) mass is 322 g/mol. The molecule has 0 saturated carbocycles.